The zero-order valence-corrected chi connectivity index (χ0v) is 18.5. The van der Waals surface area contributed by atoms with Gasteiger partial charge in [0.2, 0.25) is 0 Å². The van der Waals surface area contributed by atoms with Crippen molar-refractivity contribution in [3.63, 3.8) is 0 Å². The number of amides is 1. The molecule has 1 amide bonds. The third-order valence-corrected chi connectivity index (χ3v) is 5.89. The molecule has 166 valence electrons. The molecule has 0 aromatic heterocycles. The van der Waals surface area contributed by atoms with Crippen molar-refractivity contribution in [1.29, 1.82) is 0 Å². The maximum Gasteiger partial charge on any atom is 0.410 e. The molecule has 7 heteroatoms. The number of ketones is 1. The highest BCUT2D eigenvalue weighted by Gasteiger charge is 2.45. The number of carbonyl (C=O) groups excluding carboxylic acids is 2. The van der Waals surface area contributed by atoms with Crippen molar-refractivity contribution in [3.8, 4) is 11.1 Å². The van der Waals surface area contributed by atoms with Crippen molar-refractivity contribution in [2.45, 2.75) is 50.9 Å². The Bertz CT molecular complexity index is 1040. The minimum absolute atomic E-state index is 0.0660. The summed E-state index contributed by atoms with van der Waals surface area (Å²) in [6.45, 7) is 6.18. The lowest BCUT2D eigenvalue weighted by Crippen LogP contribution is -2.48. The molecule has 0 N–H and O–H groups in total. The normalized spacial score (nSPS) is 19.8. The van der Waals surface area contributed by atoms with E-state index in [-0.39, 0.29) is 12.5 Å². The first-order valence-electron chi connectivity index (χ1n) is 10.8. The van der Waals surface area contributed by atoms with Crippen molar-refractivity contribution in [2.24, 2.45) is 0 Å². The molecule has 1 aliphatic carbocycles. The van der Waals surface area contributed by atoms with E-state index in [2.05, 4.69) is 29.1 Å². The molecule has 1 aliphatic heterocycles. The third kappa shape index (κ3) is 4.22. The molecule has 1 heterocycles. The Hall–Kier alpha value is -3.28. The zero-order chi connectivity index (χ0) is 22.9. The highest BCUT2D eigenvalue weighted by Crippen LogP contribution is 2.44. The summed E-state index contributed by atoms with van der Waals surface area (Å²) >= 11 is 0. The number of benzene rings is 2. The molecule has 2 aromatic carbocycles. The van der Waals surface area contributed by atoms with Gasteiger partial charge in [0.1, 0.15) is 12.6 Å². The molecule has 2 aliphatic rings. The second-order valence-electron chi connectivity index (χ2n) is 9.15. The standard InChI is InChI=1S/C25H27N3O4/c1-25(2,3)32-22-12-13-28(23(22)21(29)14-27-26)24(30)31-15-20-18-10-6-4-8-16(18)17-9-5-7-11-19(17)20/h4-11,14,20,22-23H,12-13,15H2,1-3H3/t22-,23-/m1/s1. The van der Waals surface area contributed by atoms with Crippen molar-refractivity contribution < 1.29 is 23.9 Å². The number of likely N-dealkylation sites (tertiary alicyclic amines) is 1. The van der Waals surface area contributed by atoms with Gasteiger partial charge in [-0.05, 0) is 49.4 Å². The van der Waals surface area contributed by atoms with Gasteiger partial charge < -0.3 is 15.0 Å². The fraction of sp³-hybridized carbons (Fsp3) is 0.400. The number of rotatable bonds is 5. The molecule has 2 atom stereocenters. The molecular formula is C25H27N3O4. The van der Waals surface area contributed by atoms with Crippen LogP contribution in [0.4, 0.5) is 4.79 Å². The van der Waals surface area contributed by atoms with Gasteiger partial charge in [0.05, 0.1) is 11.7 Å². The Morgan fingerprint density at radius 2 is 1.69 bits per heavy atom. The lowest BCUT2D eigenvalue weighted by molar-refractivity contribution is -0.128. The van der Waals surface area contributed by atoms with Crippen LogP contribution >= 0.6 is 0 Å². The van der Waals surface area contributed by atoms with Gasteiger partial charge in [0.15, 0.2) is 0 Å². The van der Waals surface area contributed by atoms with Gasteiger partial charge in [0, 0.05) is 12.5 Å². The number of nitrogens with zero attached hydrogens (tertiary/aromatic N) is 3. The molecule has 1 saturated heterocycles. The second kappa shape index (κ2) is 8.69. The molecular weight excluding hydrogens is 406 g/mol. The van der Waals surface area contributed by atoms with Crippen LogP contribution in [0.5, 0.6) is 0 Å². The van der Waals surface area contributed by atoms with E-state index in [9.17, 15) is 9.59 Å². The van der Waals surface area contributed by atoms with Gasteiger partial charge in [-0.15, -0.1) is 0 Å². The third-order valence-electron chi connectivity index (χ3n) is 5.89. The predicted molar refractivity (Wildman–Crippen MR) is 119 cm³/mol. The van der Waals surface area contributed by atoms with E-state index < -0.39 is 29.6 Å². The molecule has 0 bridgehead atoms. The van der Waals surface area contributed by atoms with Crippen LogP contribution < -0.4 is 0 Å². The molecule has 1 fully saturated rings. The highest BCUT2D eigenvalue weighted by atomic mass is 16.6. The largest absolute Gasteiger partial charge is 0.448 e. The minimum Gasteiger partial charge on any atom is -0.448 e. The Kier molecular flexibility index (Phi) is 5.96. The lowest BCUT2D eigenvalue weighted by Gasteiger charge is -2.29. The van der Waals surface area contributed by atoms with E-state index in [1.165, 1.54) is 4.90 Å². The average Bonchev–Trinajstić information content (AvgIpc) is 3.30. The Balaban J connectivity index is 1.52. The minimum atomic E-state index is -0.888. The Morgan fingerprint density at radius 3 is 2.25 bits per heavy atom. The van der Waals surface area contributed by atoms with Crippen molar-refractivity contribution in [1.82, 2.24) is 4.90 Å². The van der Waals surface area contributed by atoms with E-state index in [0.29, 0.717) is 13.0 Å². The fourth-order valence-corrected chi connectivity index (χ4v) is 4.69. The van der Waals surface area contributed by atoms with Gasteiger partial charge in [-0.2, -0.15) is 4.79 Å². The summed E-state index contributed by atoms with van der Waals surface area (Å²) in [5.41, 5.74) is 12.9. The molecule has 4 rings (SSSR count). The smallest absolute Gasteiger partial charge is 0.410 e. The fourth-order valence-electron chi connectivity index (χ4n) is 4.69. The summed E-state index contributed by atoms with van der Waals surface area (Å²) < 4.78 is 11.7. The van der Waals surface area contributed by atoms with Gasteiger partial charge >= 0.3 is 12.3 Å². The first-order chi connectivity index (χ1) is 15.3. The summed E-state index contributed by atoms with van der Waals surface area (Å²) in [7, 11) is 0. The SMILES string of the molecule is CC(C)(C)O[C@@H]1CCN(C(=O)OCC2c3ccccc3-c3ccccc32)[C@@H]1C(=O)C=[N+]=[N-]. The maximum atomic E-state index is 13.0. The summed E-state index contributed by atoms with van der Waals surface area (Å²) in [6, 6.07) is 15.4. The maximum absolute atomic E-state index is 13.0. The molecule has 0 unspecified atom stereocenters. The van der Waals surface area contributed by atoms with Gasteiger partial charge in [-0.3, -0.25) is 9.69 Å². The van der Waals surface area contributed by atoms with Gasteiger partial charge in [-0.1, -0.05) is 48.5 Å². The number of hydrogen-bond donors (Lipinski definition) is 0. The number of fused-ring (bicyclic) bond motifs is 3. The molecule has 0 radical (unpaired) electrons. The van der Waals surface area contributed by atoms with Crippen LogP contribution in [0, 0.1) is 0 Å². The predicted octanol–water partition coefficient (Wildman–Crippen LogP) is 4.06. The molecule has 0 saturated carbocycles. The molecule has 0 spiro atoms. The first kappa shape index (κ1) is 21.9. The monoisotopic (exact) mass is 433 g/mol. The quantitative estimate of drug-likeness (QED) is 0.404. The summed E-state index contributed by atoms with van der Waals surface area (Å²) in [5, 5.41) is 0. The summed E-state index contributed by atoms with van der Waals surface area (Å²) in [6.07, 6.45) is 0.244. The van der Waals surface area contributed by atoms with Crippen LogP contribution in [-0.2, 0) is 14.3 Å². The lowest BCUT2D eigenvalue weighted by atomic mass is 9.98. The number of carbonyl (C=O) groups is 2. The van der Waals surface area contributed by atoms with E-state index in [1.54, 1.807) is 0 Å². The zero-order valence-electron chi connectivity index (χ0n) is 18.5. The highest BCUT2D eigenvalue weighted by molar-refractivity contribution is 6.28. The Morgan fingerprint density at radius 1 is 1.09 bits per heavy atom. The number of Topliss-reactive ketones (excluding diaryl/α,β-unsaturated/α-hetero) is 1. The molecule has 32 heavy (non-hydrogen) atoms. The van der Waals surface area contributed by atoms with Crippen molar-refractivity contribution in [3.05, 3.63) is 65.2 Å². The van der Waals surface area contributed by atoms with Crippen LogP contribution in [0.3, 0.4) is 0 Å². The first-order valence-corrected chi connectivity index (χ1v) is 10.8. The summed E-state index contributed by atoms with van der Waals surface area (Å²) in [5.74, 6) is -0.559. The van der Waals surface area contributed by atoms with Crippen LogP contribution in [-0.4, -0.2) is 58.7 Å². The van der Waals surface area contributed by atoms with E-state index >= 15 is 0 Å². The van der Waals surface area contributed by atoms with Gasteiger partial charge in [-0.25, -0.2) is 4.79 Å². The van der Waals surface area contributed by atoms with Crippen LogP contribution in [0.2, 0.25) is 0 Å². The van der Waals surface area contributed by atoms with Crippen molar-refractivity contribution >= 4 is 18.1 Å². The number of hydrogen-bond acceptors (Lipinski definition) is 4. The second-order valence-corrected chi connectivity index (χ2v) is 9.15. The molecule has 7 nitrogen and oxygen atoms in total. The average molecular weight is 434 g/mol. The number of ether oxygens (including phenoxy) is 2. The van der Waals surface area contributed by atoms with Crippen LogP contribution in [0.25, 0.3) is 16.7 Å². The van der Waals surface area contributed by atoms with Crippen LogP contribution in [0.15, 0.2) is 48.5 Å². The van der Waals surface area contributed by atoms with Crippen LogP contribution in [0.1, 0.15) is 44.2 Å². The van der Waals surface area contributed by atoms with E-state index in [4.69, 9.17) is 15.0 Å². The Labute approximate surface area is 187 Å². The van der Waals surface area contributed by atoms with Crippen molar-refractivity contribution in [2.75, 3.05) is 13.2 Å². The summed E-state index contributed by atoms with van der Waals surface area (Å²) in [4.78, 5) is 29.9. The van der Waals surface area contributed by atoms with E-state index in [1.807, 2.05) is 45.0 Å². The van der Waals surface area contributed by atoms with E-state index in [0.717, 1.165) is 28.5 Å². The van der Waals surface area contributed by atoms with Gasteiger partial charge in [0.25, 0.3) is 5.78 Å². The topological polar surface area (TPSA) is 92.2 Å². The molecule has 2 aromatic rings.